The van der Waals surface area contributed by atoms with E-state index in [2.05, 4.69) is 93.6 Å². The van der Waals surface area contributed by atoms with E-state index in [1.807, 2.05) is 0 Å². The van der Waals surface area contributed by atoms with Crippen molar-refractivity contribution in [1.82, 2.24) is 0 Å². The standard InChI is InChI=1S/C27H33S.C7H5F3O3S/c1-4-13-22-20-23(14-5-2)27(24(21-22)15-6-3)28(25-16-9-7-10-17-25)26-18-11-8-12-19-26;8-7(9,10)5-1-3-6(4-2-5)14(11,12)13/h7-12,16-21H,4-6,13-15H2,1-3H3;1-4H,(H,11,12,13)/q+1;/p-1. The highest BCUT2D eigenvalue weighted by molar-refractivity contribution is 7.97. The van der Waals surface area contributed by atoms with Crippen LogP contribution in [0.1, 0.15) is 62.3 Å². The first-order valence-electron chi connectivity index (χ1n) is 14.1. The lowest BCUT2D eigenvalue weighted by molar-refractivity contribution is -0.137. The molecule has 0 aliphatic carbocycles. The molecule has 4 aromatic rings. The van der Waals surface area contributed by atoms with Gasteiger partial charge in [0.2, 0.25) is 0 Å². The molecule has 42 heavy (non-hydrogen) atoms. The van der Waals surface area contributed by atoms with E-state index in [1.165, 1.54) is 41.0 Å². The van der Waals surface area contributed by atoms with Crippen molar-refractivity contribution in [2.45, 2.75) is 85.1 Å². The predicted molar refractivity (Wildman–Crippen MR) is 163 cm³/mol. The zero-order valence-electron chi connectivity index (χ0n) is 24.2. The molecule has 0 amide bonds. The molecule has 0 unspecified atom stereocenters. The summed E-state index contributed by atoms with van der Waals surface area (Å²) in [5.41, 5.74) is 3.65. The number of hydrogen-bond donors (Lipinski definition) is 0. The van der Waals surface area contributed by atoms with E-state index in [0.717, 1.165) is 12.8 Å². The van der Waals surface area contributed by atoms with Crippen LogP contribution >= 0.6 is 0 Å². The summed E-state index contributed by atoms with van der Waals surface area (Å²) in [6.07, 6.45) is 2.55. The third kappa shape index (κ3) is 9.21. The monoisotopic (exact) mass is 614 g/mol. The molecule has 0 radical (unpaired) electrons. The highest BCUT2D eigenvalue weighted by Crippen LogP contribution is 2.37. The van der Waals surface area contributed by atoms with Gasteiger partial charge in [0, 0.05) is 11.1 Å². The van der Waals surface area contributed by atoms with Crippen LogP contribution in [0.5, 0.6) is 0 Å². The van der Waals surface area contributed by atoms with E-state index < -0.39 is 26.8 Å². The molecule has 224 valence electrons. The normalized spacial score (nSPS) is 11.7. The first-order chi connectivity index (χ1) is 20.0. The van der Waals surface area contributed by atoms with Crippen molar-refractivity contribution in [1.29, 1.82) is 0 Å². The van der Waals surface area contributed by atoms with Crippen LogP contribution in [0.15, 0.2) is 117 Å². The fourth-order valence-electron chi connectivity index (χ4n) is 4.73. The summed E-state index contributed by atoms with van der Waals surface area (Å²) in [6, 6.07) is 29.6. The summed E-state index contributed by atoms with van der Waals surface area (Å²) in [5.74, 6) is 0. The van der Waals surface area contributed by atoms with Gasteiger partial charge in [0.1, 0.15) is 10.1 Å². The number of aryl methyl sites for hydroxylation is 3. The Balaban J connectivity index is 0.000000291. The van der Waals surface area contributed by atoms with Crippen LogP contribution in [0.4, 0.5) is 13.2 Å². The molecule has 8 heteroatoms. The molecular formula is C34H37F3O3S2. The smallest absolute Gasteiger partial charge is 0.416 e. The molecule has 4 rings (SSSR count). The van der Waals surface area contributed by atoms with E-state index in [4.69, 9.17) is 0 Å². The zero-order chi connectivity index (χ0) is 30.8. The van der Waals surface area contributed by atoms with E-state index in [9.17, 15) is 26.1 Å². The summed E-state index contributed by atoms with van der Waals surface area (Å²) in [5, 5.41) is 0. The minimum absolute atomic E-state index is 0.0529. The van der Waals surface area contributed by atoms with Crippen LogP contribution in [0, 0.1) is 0 Å². The van der Waals surface area contributed by atoms with Gasteiger partial charge >= 0.3 is 6.18 Å². The summed E-state index contributed by atoms with van der Waals surface area (Å²) < 4.78 is 67.0. The van der Waals surface area contributed by atoms with E-state index in [1.54, 1.807) is 16.0 Å². The van der Waals surface area contributed by atoms with Crippen molar-refractivity contribution < 1.29 is 26.1 Å². The fraction of sp³-hybridized carbons (Fsp3) is 0.294. The highest BCUT2D eigenvalue weighted by atomic mass is 32.2. The summed E-state index contributed by atoms with van der Waals surface area (Å²) >= 11 is 0. The minimum Gasteiger partial charge on any atom is -0.744 e. The lowest BCUT2D eigenvalue weighted by Crippen LogP contribution is -2.12. The Bertz CT molecular complexity index is 1440. The lowest BCUT2D eigenvalue weighted by atomic mass is 9.97. The number of halogens is 3. The third-order valence-electron chi connectivity index (χ3n) is 6.51. The van der Waals surface area contributed by atoms with Crippen LogP contribution < -0.4 is 0 Å². The molecule has 0 aliphatic heterocycles. The molecule has 0 atom stereocenters. The summed E-state index contributed by atoms with van der Waals surface area (Å²) in [7, 11) is -4.74. The zero-order valence-corrected chi connectivity index (χ0v) is 25.8. The molecule has 0 aliphatic rings. The van der Waals surface area contributed by atoms with Crippen molar-refractivity contribution in [2.75, 3.05) is 0 Å². The predicted octanol–water partition coefficient (Wildman–Crippen LogP) is 9.25. The Morgan fingerprint density at radius 3 is 1.45 bits per heavy atom. The van der Waals surface area contributed by atoms with Crippen LogP contribution in [0.25, 0.3) is 0 Å². The maximum absolute atomic E-state index is 12.0. The van der Waals surface area contributed by atoms with Gasteiger partial charge in [0.05, 0.1) is 21.4 Å². The Morgan fingerprint density at radius 1 is 0.667 bits per heavy atom. The molecule has 0 saturated carbocycles. The van der Waals surface area contributed by atoms with Gasteiger partial charge in [-0.1, -0.05) is 88.6 Å². The van der Waals surface area contributed by atoms with Crippen molar-refractivity contribution in [2.24, 2.45) is 0 Å². The molecule has 0 bridgehead atoms. The third-order valence-corrected chi connectivity index (χ3v) is 9.78. The minimum atomic E-state index is -4.68. The van der Waals surface area contributed by atoms with Crippen LogP contribution in [0.3, 0.4) is 0 Å². The molecule has 0 spiro atoms. The second-order valence-corrected chi connectivity index (χ2v) is 13.2. The molecule has 0 N–H and O–H groups in total. The summed E-state index contributed by atoms with van der Waals surface area (Å²) in [6.45, 7) is 6.89. The highest BCUT2D eigenvalue weighted by Gasteiger charge is 2.34. The van der Waals surface area contributed by atoms with Gasteiger partial charge in [-0.25, -0.2) is 8.42 Å². The van der Waals surface area contributed by atoms with Crippen LogP contribution in [-0.4, -0.2) is 13.0 Å². The van der Waals surface area contributed by atoms with Gasteiger partial charge in [-0.15, -0.1) is 0 Å². The van der Waals surface area contributed by atoms with Crippen LogP contribution in [0.2, 0.25) is 0 Å². The van der Waals surface area contributed by atoms with Crippen LogP contribution in [-0.2, 0) is 46.5 Å². The SMILES string of the molecule is CCCc1cc(CCC)c([S+](c2ccccc2)c2ccccc2)c(CCC)c1.O=S(=O)([O-])c1ccc(C(F)(F)F)cc1. The Labute approximate surface area is 250 Å². The number of hydrogen-bond acceptors (Lipinski definition) is 3. The first kappa shape index (κ1) is 33.4. The molecule has 0 saturated heterocycles. The number of benzene rings is 4. The second-order valence-electron chi connectivity index (χ2n) is 9.90. The fourth-order valence-corrected chi connectivity index (χ4v) is 7.65. The van der Waals surface area contributed by atoms with Gasteiger partial charge in [-0.2, -0.15) is 13.2 Å². The topological polar surface area (TPSA) is 57.2 Å². The van der Waals surface area contributed by atoms with Crippen molar-refractivity contribution in [3.8, 4) is 0 Å². The van der Waals surface area contributed by atoms with E-state index in [0.29, 0.717) is 24.3 Å². The summed E-state index contributed by atoms with van der Waals surface area (Å²) in [4.78, 5) is 3.75. The quantitative estimate of drug-likeness (QED) is 0.132. The van der Waals surface area contributed by atoms with Gasteiger partial charge in [0.25, 0.3) is 0 Å². The van der Waals surface area contributed by atoms with Gasteiger partial charge in [-0.3, -0.25) is 0 Å². The molecule has 0 heterocycles. The Morgan fingerprint density at radius 2 is 1.10 bits per heavy atom. The van der Waals surface area contributed by atoms with Crippen molar-refractivity contribution in [3.63, 3.8) is 0 Å². The maximum atomic E-state index is 12.0. The molecule has 0 aromatic heterocycles. The van der Waals surface area contributed by atoms with Gasteiger partial charge < -0.3 is 4.55 Å². The van der Waals surface area contributed by atoms with Gasteiger partial charge in [0.15, 0.2) is 14.7 Å². The molecule has 3 nitrogen and oxygen atoms in total. The average Bonchev–Trinajstić information content (AvgIpc) is 2.96. The Hall–Kier alpha value is -3.07. The lowest BCUT2D eigenvalue weighted by Gasteiger charge is -2.17. The van der Waals surface area contributed by atoms with E-state index in [-0.39, 0.29) is 10.9 Å². The maximum Gasteiger partial charge on any atom is 0.416 e. The van der Waals surface area contributed by atoms with Crippen molar-refractivity contribution >= 4 is 21.0 Å². The molecule has 0 fully saturated rings. The average molecular weight is 615 g/mol. The molecular weight excluding hydrogens is 577 g/mol. The number of rotatable bonds is 10. The first-order valence-corrected chi connectivity index (χ1v) is 16.7. The number of alkyl halides is 3. The van der Waals surface area contributed by atoms with Crippen molar-refractivity contribution in [3.05, 3.63) is 119 Å². The van der Waals surface area contributed by atoms with E-state index >= 15 is 0 Å². The van der Waals surface area contributed by atoms with Gasteiger partial charge in [-0.05, 0) is 73.4 Å². The second kappa shape index (κ2) is 15.4. The largest absolute Gasteiger partial charge is 0.744 e. The Kier molecular flexibility index (Phi) is 12.3. The molecule has 4 aromatic carbocycles.